The highest BCUT2D eigenvalue weighted by Gasteiger charge is 2.54. The van der Waals surface area contributed by atoms with E-state index in [1.54, 1.807) is 0 Å². The van der Waals surface area contributed by atoms with Crippen LogP contribution in [-0.2, 0) is 4.74 Å². The third-order valence-corrected chi connectivity index (χ3v) is 5.30. The van der Waals surface area contributed by atoms with E-state index in [-0.39, 0.29) is 11.5 Å². The molecule has 2 heterocycles. The second-order valence-electron chi connectivity index (χ2n) is 6.70. The lowest BCUT2D eigenvalue weighted by Crippen LogP contribution is -2.40. The van der Waals surface area contributed by atoms with Crippen LogP contribution in [0, 0.1) is 11.3 Å². The van der Waals surface area contributed by atoms with Crippen LogP contribution in [0.4, 0.5) is 0 Å². The molecule has 4 atom stereocenters. The molecular formula is C16H21NO2. The van der Waals surface area contributed by atoms with E-state index in [0.29, 0.717) is 12.5 Å². The van der Waals surface area contributed by atoms with Crippen LogP contribution >= 0.6 is 0 Å². The fourth-order valence-corrected chi connectivity index (χ4v) is 4.59. The summed E-state index contributed by atoms with van der Waals surface area (Å²) in [5.74, 6) is 1.82. The molecule has 1 saturated carbocycles. The van der Waals surface area contributed by atoms with E-state index in [1.807, 2.05) is 6.20 Å². The first-order chi connectivity index (χ1) is 9.19. The van der Waals surface area contributed by atoms with Gasteiger partial charge < -0.3 is 9.84 Å². The average molecular weight is 259 g/mol. The number of nitrogens with zero attached hydrogens (tertiary/aromatic N) is 1. The van der Waals surface area contributed by atoms with Crippen LogP contribution in [0.2, 0.25) is 0 Å². The van der Waals surface area contributed by atoms with Crippen molar-refractivity contribution in [3.8, 4) is 0 Å². The molecule has 1 spiro atoms. The summed E-state index contributed by atoms with van der Waals surface area (Å²) in [4.78, 5) is 4.43. The van der Waals surface area contributed by atoms with Crippen molar-refractivity contribution in [3.05, 3.63) is 23.1 Å². The lowest BCUT2D eigenvalue weighted by molar-refractivity contribution is 0.00727. The first-order valence-corrected chi connectivity index (χ1v) is 7.48. The van der Waals surface area contributed by atoms with E-state index in [0.717, 1.165) is 30.9 Å². The molecule has 0 bridgehead atoms. The van der Waals surface area contributed by atoms with E-state index in [4.69, 9.17) is 4.74 Å². The highest BCUT2D eigenvalue weighted by atomic mass is 16.5. The molecule has 1 N–H and O–H groups in total. The number of aliphatic hydroxyl groups is 1. The van der Waals surface area contributed by atoms with Crippen LogP contribution < -0.4 is 0 Å². The van der Waals surface area contributed by atoms with Crippen LogP contribution in [-0.4, -0.2) is 23.5 Å². The van der Waals surface area contributed by atoms with Gasteiger partial charge in [-0.05, 0) is 37.2 Å². The van der Waals surface area contributed by atoms with Gasteiger partial charge in [0.1, 0.15) is 11.9 Å². The standard InChI is InChI=1S/C16H21NO2/c1-10-2-3-14-16(8-10)4-5-17-9-11-6-12(18)7-13(19-14)15(11)16/h5,9-10,12,14,18H,2-4,6-8H2,1H3/t10?,12-,14-,16?/m1/s1. The van der Waals surface area contributed by atoms with Crippen molar-refractivity contribution in [1.29, 1.82) is 0 Å². The van der Waals surface area contributed by atoms with Gasteiger partial charge in [0.2, 0.25) is 0 Å². The van der Waals surface area contributed by atoms with Crippen molar-refractivity contribution in [1.82, 2.24) is 0 Å². The SMILES string of the molecule is CC1CC[C@H]2OC3=C4C(=CN=CCC42C1)C[C@@H](O)C3. The van der Waals surface area contributed by atoms with E-state index in [2.05, 4.69) is 18.1 Å². The Hall–Kier alpha value is -1.09. The molecule has 2 unspecified atom stereocenters. The van der Waals surface area contributed by atoms with Crippen molar-refractivity contribution < 1.29 is 9.84 Å². The van der Waals surface area contributed by atoms with Gasteiger partial charge >= 0.3 is 0 Å². The van der Waals surface area contributed by atoms with Crippen molar-refractivity contribution in [2.45, 2.75) is 57.7 Å². The molecule has 102 valence electrons. The molecular weight excluding hydrogens is 238 g/mol. The highest BCUT2D eigenvalue weighted by Crippen LogP contribution is 2.59. The number of hydrogen-bond donors (Lipinski definition) is 1. The molecule has 4 aliphatic rings. The monoisotopic (exact) mass is 259 g/mol. The zero-order chi connectivity index (χ0) is 13.0. The van der Waals surface area contributed by atoms with Gasteiger partial charge in [-0.3, -0.25) is 4.99 Å². The van der Waals surface area contributed by atoms with Gasteiger partial charge in [0.15, 0.2) is 0 Å². The lowest BCUT2D eigenvalue weighted by Gasteiger charge is -2.42. The van der Waals surface area contributed by atoms with Gasteiger partial charge in [-0.25, -0.2) is 0 Å². The number of ether oxygens (including phenoxy) is 1. The molecule has 0 radical (unpaired) electrons. The molecule has 0 aromatic rings. The Morgan fingerprint density at radius 2 is 2.26 bits per heavy atom. The van der Waals surface area contributed by atoms with Crippen molar-refractivity contribution in [2.75, 3.05) is 0 Å². The van der Waals surface area contributed by atoms with Gasteiger partial charge in [0.05, 0.1) is 6.10 Å². The lowest BCUT2D eigenvalue weighted by atomic mass is 9.61. The summed E-state index contributed by atoms with van der Waals surface area (Å²) in [7, 11) is 0. The van der Waals surface area contributed by atoms with Gasteiger partial charge in [-0.2, -0.15) is 0 Å². The van der Waals surface area contributed by atoms with Crippen LogP contribution in [0.5, 0.6) is 0 Å². The summed E-state index contributed by atoms with van der Waals surface area (Å²) in [6.07, 6.45) is 10.1. The molecule has 0 aromatic heterocycles. The molecule has 2 aliphatic carbocycles. The summed E-state index contributed by atoms with van der Waals surface area (Å²) in [6.45, 7) is 2.35. The molecule has 0 saturated heterocycles. The summed E-state index contributed by atoms with van der Waals surface area (Å²) in [5, 5.41) is 10.0. The van der Waals surface area contributed by atoms with E-state index in [9.17, 15) is 5.11 Å². The Kier molecular flexibility index (Phi) is 2.44. The molecule has 0 amide bonds. The molecule has 3 heteroatoms. The largest absolute Gasteiger partial charge is 0.493 e. The smallest absolute Gasteiger partial charge is 0.108 e. The predicted molar refractivity (Wildman–Crippen MR) is 73.8 cm³/mol. The Morgan fingerprint density at radius 1 is 1.37 bits per heavy atom. The fraction of sp³-hybridized carbons (Fsp3) is 0.688. The number of rotatable bonds is 0. The van der Waals surface area contributed by atoms with E-state index >= 15 is 0 Å². The number of aliphatic imine (C=N–C) groups is 1. The number of aliphatic hydroxyl groups excluding tert-OH is 1. The van der Waals surface area contributed by atoms with Gasteiger partial charge in [-0.1, -0.05) is 6.92 Å². The average Bonchev–Trinajstić information content (AvgIpc) is 2.56. The fourth-order valence-electron chi connectivity index (χ4n) is 4.59. The van der Waals surface area contributed by atoms with E-state index in [1.165, 1.54) is 24.0 Å². The second-order valence-corrected chi connectivity index (χ2v) is 6.70. The normalized spacial score (nSPS) is 44.1. The minimum Gasteiger partial charge on any atom is -0.493 e. The topological polar surface area (TPSA) is 41.8 Å². The maximum atomic E-state index is 10.0. The second kappa shape index (κ2) is 3.95. The van der Waals surface area contributed by atoms with Crippen LogP contribution in [0.3, 0.4) is 0 Å². The summed E-state index contributed by atoms with van der Waals surface area (Å²) >= 11 is 0. The Bertz CT molecular complexity index is 505. The minimum atomic E-state index is -0.298. The molecule has 4 rings (SSSR count). The van der Waals surface area contributed by atoms with Gasteiger partial charge in [0, 0.05) is 36.2 Å². The van der Waals surface area contributed by atoms with Crippen molar-refractivity contribution in [3.63, 3.8) is 0 Å². The molecule has 2 aliphatic heterocycles. The minimum absolute atomic E-state index is 0.152. The van der Waals surface area contributed by atoms with Crippen LogP contribution in [0.1, 0.15) is 45.4 Å². The Balaban J connectivity index is 1.86. The molecule has 1 fully saturated rings. The maximum absolute atomic E-state index is 10.0. The summed E-state index contributed by atoms with van der Waals surface area (Å²) in [6, 6.07) is 0. The maximum Gasteiger partial charge on any atom is 0.108 e. The predicted octanol–water partition coefficient (Wildman–Crippen LogP) is 2.96. The first-order valence-electron chi connectivity index (χ1n) is 7.48. The number of hydrogen-bond acceptors (Lipinski definition) is 3. The van der Waals surface area contributed by atoms with Crippen LogP contribution in [0.25, 0.3) is 0 Å². The summed E-state index contributed by atoms with van der Waals surface area (Å²) < 4.78 is 6.27. The van der Waals surface area contributed by atoms with Crippen LogP contribution in [0.15, 0.2) is 28.1 Å². The van der Waals surface area contributed by atoms with Gasteiger partial charge in [-0.15, -0.1) is 0 Å². The molecule has 19 heavy (non-hydrogen) atoms. The quantitative estimate of drug-likeness (QED) is 0.726. The first kappa shape index (κ1) is 11.7. The third kappa shape index (κ3) is 1.57. The molecule has 3 nitrogen and oxygen atoms in total. The Morgan fingerprint density at radius 3 is 3.16 bits per heavy atom. The highest BCUT2D eigenvalue weighted by molar-refractivity contribution is 5.65. The van der Waals surface area contributed by atoms with Gasteiger partial charge in [0.25, 0.3) is 0 Å². The third-order valence-electron chi connectivity index (χ3n) is 5.30. The zero-order valence-corrected chi connectivity index (χ0v) is 11.4. The van der Waals surface area contributed by atoms with E-state index < -0.39 is 0 Å². The molecule has 0 aromatic carbocycles. The Labute approximate surface area is 114 Å². The zero-order valence-electron chi connectivity index (χ0n) is 11.4. The van der Waals surface area contributed by atoms with Crippen molar-refractivity contribution in [2.24, 2.45) is 16.3 Å². The summed E-state index contributed by atoms with van der Waals surface area (Å²) in [5.41, 5.74) is 2.78. The van der Waals surface area contributed by atoms with Crippen molar-refractivity contribution >= 4 is 6.21 Å².